The van der Waals surface area contributed by atoms with Crippen LogP contribution in [-0.2, 0) is 17.9 Å². The van der Waals surface area contributed by atoms with E-state index in [9.17, 15) is 14.9 Å². The van der Waals surface area contributed by atoms with Crippen molar-refractivity contribution in [3.63, 3.8) is 0 Å². The van der Waals surface area contributed by atoms with Crippen LogP contribution >= 0.6 is 0 Å². The van der Waals surface area contributed by atoms with Gasteiger partial charge in [-0.25, -0.2) is 4.98 Å². The maximum Gasteiger partial charge on any atom is 0.292 e. The quantitative estimate of drug-likeness (QED) is 0.156. The van der Waals surface area contributed by atoms with Crippen LogP contribution in [0.3, 0.4) is 0 Å². The van der Waals surface area contributed by atoms with Crippen LogP contribution in [0.2, 0.25) is 0 Å². The number of nitro groups is 1. The predicted molar refractivity (Wildman–Crippen MR) is 155 cm³/mol. The van der Waals surface area contributed by atoms with Crippen LogP contribution in [0.15, 0.2) is 42.6 Å². The number of carbonyl (C=O) groups excluding carboxylic acids is 1. The number of para-hydroxylation sites is 1. The minimum Gasteiger partial charge on any atom is -0.439 e. The van der Waals surface area contributed by atoms with Gasteiger partial charge >= 0.3 is 0 Å². The van der Waals surface area contributed by atoms with Gasteiger partial charge in [0.1, 0.15) is 11.9 Å². The number of carbonyl (C=O) groups is 1. The Labute approximate surface area is 245 Å². The topological polar surface area (TPSA) is 152 Å². The molecule has 0 radical (unpaired) electrons. The molecule has 12 nitrogen and oxygen atoms in total. The van der Waals surface area contributed by atoms with Crippen molar-refractivity contribution in [1.82, 2.24) is 35.8 Å². The maximum absolute atomic E-state index is 14.3. The van der Waals surface area contributed by atoms with Crippen molar-refractivity contribution in [3.8, 4) is 11.6 Å². The highest BCUT2D eigenvalue weighted by molar-refractivity contribution is 5.79. The van der Waals surface area contributed by atoms with E-state index < -0.39 is 4.92 Å². The molecule has 2 fully saturated rings. The lowest BCUT2D eigenvalue weighted by atomic mass is 9.77. The third-order valence-electron chi connectivity index (χ3n) is 8.59. The van der Waals surface area contributed by atoms with Crippen LogP contribution in [0.5, 0.6) is 11.6 Å². The summed E-state index contributed by atoms with van der Waals surface area (Å²) in [6.45, 7) is 1.19. The summed E-state index contributed by atoms with van der Waals surface area (Å²) in [5, 5.41) is 29.6. The molecule has 1 amide bonds. The molecular formula is C30H40N8O4. The van der Waals surface area contributed by atoms with E-state index in [4.69, 9.17) is 4.74 Å². The molecule has 1 atom stereocenters. The van der Waals surface area contributed by atoms with E-state index in [0.717, 1.165) is 51.4 Å². The zero-order chi connectivity index (χ0) is 29.1. The second-order valence-corrected chi connectivity index (χ2v) is 11.4. The molecule has 2 aliphatic rings. The third kappa shape index (κ3) is 7.87. The molecule has 42 heavy (non-hydrogen) atoms. The van der Waals surface area contributed by atoms with Crippen LogP contribution in [0, 0.1) is 22.0 Å². The molecule has 1 unspecified atom stereocenters. The smallest absolute Gasteiger partial charge is 0.292 e. The number of ether oxygens (including phenoxy) is 1. The van der Waals surface area contributed by atoms with Crippen molar-refractivity contribution in [2.75, 3.05) is 6.54 Å². The molecule has 12 heteroatoms. The van der Waals surface area contributed by atoms with Gasteiger partial charge in [-0.15, -0.1) is 10.2 Å². The number of rotatable bonds is 13. The number of aromatic nitrogens is 5. The fourth-order valence-corrected chi connectivity index (χ4v) is 6.41. The SMILES string of the molecule is O=C(C(CCNCc1cc(Oc2ccccc2)ncc1[N+](=O)[O-])C1CCCCC1)N(Cc1nn[nH]n1)C1CCCCC1. The van der Waals surface area contributed by atoms with Gasteiger partial charge in [0.15, 0.2) is 5.82 Å². The lowest BCUT2D eigenvalue weighted by Crippen LogP contribution is -2.46. The van der Waals surface area contributed by atoms with Crippen molar-refractivity contribution in [3.05, 3.63) is 64.1 Å². The fraction of sp³-hybridized carbons (Fsp3) is 0.567. The number of tetrazole rings is 1. The number of pyridine rings is 1. The number of aromatic amines is 1. The summed E-state index contributed by atoms with van der Waals surface area (Å²) in [4.78, 5) is 31.7. The lowest BCUT2D eigenvalue weighted by Gasteiger charge is -2.39. The van der Waals surface area contributed by atoms with Crippen LogP contribution in [-0.4, -0.2) is 53.9 Å². The van der Waals surface area contributed by atoms with E-state index in [0.29, 0.717) is 48.4 Å². The summed E-state index contributed by atoms with van der Waals surface area (Å²) in [6.07, 6.45) is 12.9. The average Bonchev–Trinajstić information content (AvgIpc) is 3.54. The Hall–Kier alpha value is -3.93. The Kier molecular flexibility index (Phi) is 10.4. The van der Waals surface area contributed by atoms with Crippen molar-refractivity contribution in [2.24, 2.45) is 11.8 Å². The largest absolute Gasteiger partial charge is 0.439 e. The van der Waals surface area contributed by atoms with E-state index in [-0.39, 0.29) is 30.1 Å². The number of nitrogens with zero attached hydrogens (tertiary/aromatic N) is 6. The van der Waals surface area contributed by atoms with E-state index in [2.05, 4.69) is 30.9 Å². The summed E-state index contributed by atoms with van der Waals surface area (Å²) in [6, 6.07) is 11.0. The third-order valence-corrected chi connectivity index (χ3v) is 8.59. The molecule has 0 bridgehead atoms. The van der Waals surface area contributed by atoms with E-state index in [1.54, 1.807) is 18.2 Å². The Morgan fingerprint density at radius 2 is 1.83 bits per heavy atom. The second kappa shape index (κ2) is 14.8. The number of hydrogen-bond acceptors (Lipinski definition) is 9. The summed E-state index contributed by atoms with van der Waals surface area (Å²) < 4.78 is 5.81. The van der Waals surface area contributed by atoms with Crippen molar-refractivity contribution in [2.45, 2.75) is 89.8 Å². The summed E-state index contributed by atoms with van der Waals surface area (Å²) in [7, 11) is 0. The van der Waals surface area contributed by atoms with Crippen LogP contribution in [0.1, 0.15) is 82.0 Å². The standard InChI is InChI=1S/C30H40N8O4/c39-30(37(21-28-33-35-36-34-28)24-12-6-2-7-13-24)26(22-10-4-1-5-11-22)16-17-31-19-23-18-29(32-20-27(23)38(40)41)42-25-14-8-3-9-15-25/h3,8-9,14-15,18,20,22,24,26,31H,1-2,4-7,10-13,16-17,19,21H2,(H,33,34,35,36). The number of hydrogen-bond donors (Lipinski definition) is 2. The van der Waals surface area contributed by atoms with Gasteiger partial charge in [0, 0.05) is 24.6 Å². The first-order valence-electron chi connectivity index (χ1n) is 15.2. The predicted octanol–water partition coefficient (Wildman–Crippen LogP) is 5.33. The van der Waals surface area contributed by atoms with Crippen LogP contribution in [0.4, 0.5) is 5.69 Å². The van der Waals surface area contributed by atoms with Gasteiger partial charge in [0.2, 0.25) is 11.8 Å². The van der Waals surface area contributed by atoms with Crippen LogP contribution < -0.4 is 10.1 Å². The minimum atomic E-state index is -0.426. The molecule has 0 saturated heterocycles. The number of nitrogens with one attached hydrogen (secondary N) is 2. The molecule has 224 valence electrons. The monoisotopic (exact) mass is 576 g/mol. The van der Waals surface area contributed by atoms with Crippen molar-refractivity contribution >= 4 is 11.6 Å². The van der Waals surface area contributed by atoms with Gasteiger partial charge in [-0.1, -0.05) is 61.9 Å². The van der Waals surface area contributed by atoms with Crippen LogP contribution in [0.25, 0.3) is 0 Å². The molecule has 2 heterocycles. The highest BCUT2D eigenvalue weighted by atomic mass is 16.6. The summed E-state index contributed by atoms with van der Waals surface area (Å²) in [5.41, 5.74) is 0.425. The highest BCUT2D eigenvalue weighted by Crippen LogP contribution is 2.35. The van der Waals surface area contributed by atoms with E-state index >= 15 is 0 Å². The number of amides is 1. The molecular weight excluding hydrogens is 536 g/mol. The van der Waals surface area contributed by atoms with Gasteiger partial charge in [-0.3, -0.25) is 14.9 Å². The maximum atomic E-state index is 14.3. The molecule has 3 aromatic rings. The number of H-pyrrole nitrogens is 1. The molecule has 2 N–H and O–H groups in total. The minimum absolute atomic E-state index is 0.0635. The average molecular weight is 577 g/mol. The number of benzene rings is 1. The Morgan fingerprint density at radius 3 is 2.52 bits per heavy atom. The molecule has 0 aliphatic heterocycles. The summed E-state index contributed by atoms with van der Waals surface area (Å²) in [5.74, 6) is 1.81. The first kappa shape index (κ1) is 29.6. The first-order chi connectivity index (χ1) is 20.6. The summed E-state index contributed by atoms with van der Waals surface area (Å²) >= 11 is 0. The molecule has 2 aliphatic carbocycles. The van der Waals surface area contributed by atoms with Gasteiger partial charge in [0.05, 0.1) is 17.0 Å². The fourth-order valence-electron chi connectivity index (χ4n) is 6.41. The molecule has 2 aromatic heterocycles. The van der Waals surface area contributed by atoms with E-state index in [1.165, 1.54) is 19.0 Å². The molecule has 5 rings (SSSR count). The zero-order valence-corrected chi connectivity index (χ0v) is 24.0. The normalized spacial score (nSPS) is 17.0. The van der Waals surface area contributed by atoms with E-state index in [1.807, 2.05) is 23.1 Å². The molecule has 2 saturated carbocycles. The lowest BCUT2D eigenvalue weighted by molar-refractivity contribution is -0.385. The Morgan fingerprint density at radius 1 is 1.10 bits per heavy atom. The molecule has 0 spiro atoms. The van der Waals surface area contributed by atoms with Crippen molar-refractivity contribution in [1.29, 1.82) is 0 Å². The van der Waals surface area contributed by atoms with Gasteiger partial charge in [-0.2, -0.15) is 5.21 Å². The van der Waals surface area contributed by atoms with Gasteiger partial charge < -0.3 is 15.0 Å². The Bertz CT molecular complexity index is 1280. The Balaban J connectivity index is 1.27. The zero-order valence-electron chi connectivity index (χ0n) is 24.0. The van der Waals surface area contributed by atoms with Crippen molar-refractivity contribution < 1.29 is 14.5 Å². The first-order valence-corrected chi connectivity index (χ1v) is 15.2. The van der Waals surface area contributed by atoms with Gasteiger partial charge in [0.25, 0.3) is 5.69 Å². The second-order valence-electron chi connectivity index (χ2n) is 11.4. The highest BCUT2D eigenvalue weighted by Gasteiger charge is 2.36. The molecule has 1 aromatic carbocycles. The van der Waals surface area contributed by atoms with Gasteiger partial charge in [-0.05, 0) is 56.7 Å².